The third-order valence-corrected chi connectivity index (χ3v) is 4.41. The van der Waals surface area contributed by atoms with Gasteiger partial charge in [0.1, 0.15) is 23.3 Å². The Kier molecular flexibility index (Phi) is 3.83. The Labute approximate surface area is 136 Å². The van der Waals surface area contributed by atoms with E-state index in [9.17, 15) is 9.50 Å². The molecule has 1 N–H and O–H groups in total. The first-order valence-corrected chi connectivity index (χ1v) is 7.74. The first-order valence-electron chi connectivity index (χ1n) is 5.86. The number of aliphatic hydroxyl groups is 1. The molecule has 5 heteroatoms. The molecule has 102 valence electrons. The molecule has 0 fully saturated rings. The second-order valence-electron chi connectivity index (χ2n) is 4.40. The van der Waals surface area contributed by atoms with E-state index in [1.807, 2.05) is 18.2 Å². The lowest BCUT2D eigenvalue weighted by Gasteiger charge is -2.10. The number of rotatable bonds is 2. The molecule has 1 atom stereocenters. The van der Waals surface area contributed by atoms with Crippen molar-refractivity contribution in [2.24, 2.45) is 0 Å². The molecule has 0 bridgehead atoms. The zero-order chi connectivity index (χ0) is 14.3. The van der Waals surface area contributed by atoms with Crippen LogP contribution in [0.2, 0.25) is 0 Å². The van der Waals surface area contributed by atoms with Crippen molar-refractivity contribution in [1.29, 1.82) is 0 Å². The van der Waals surface area contributed by atoms with Gasteiger partial charge in [0, 0.05) is 19.0 Å². The summed E-state index contributed by atoms with van der Waals surface area (Å²) in [5, 5.41) is 11.1. The van der Waals surface area contributed by atoms with E-state index in [2.05, 4.69) is 38.5 Å². The van der Waals surface area contributed by atoms with Crippen LogP contribution in [-0.2, 0) is 0 Å². The van der Waals surface area contributed by atoms with Crippen LogP contribution < -0.4 is 0 Å². The quantitative estimate of drug-likeness (QED) is 0.560. The predicted octanol–water partition coefficient (Wildman–Crippen LogP) is 5.02. The first-order chi connectivity index (χ1) is 9.54. The maximum absolute atomic E-state index is 13.2. The second kappa shape index (κ2) is 5.46. The van der Waals surface area contributed by atoms with Gasteiger partial charge in [-0.25, -0.2) is 4.39 Å². The van der Waals surface area contributed by atoms with Crippen LogP contribution >= 0.6 is 38.5 Å². The largest absolute Gasteiger partial charge is 0.458 e. The number of furan rings is 1. The fourth-order valence-electron chi connectivity index (χ4n) is 2.05. The minimum Gasteiger partial charge on any atom is -0.458 e. The molecule has 0 aliphatic carbocycles. The molecule has 0 radical (unpaired) electrons. The Hall–Kier alpha value is -0.920. The zero-order valence-electron chi connectivity index (χ0n) is 10.1. The van der Waals surface area contributed by atoms with E-state index < -0.39 is 6.10 Å². The van der Waals surface area contributed by atoms with Crippen LogP contribution in [0.4, 0.5) is 4.39 Å². The SMILES string of the molecule is OC(c1cc2cc(F)ccc2o1)c1cc(I)ccc1Br. The van der Waals surface area contributed by atoms with Crippen molar-refractivity contribution in [2.75, 3.05) is 0 Å². The van der Waals surface area contributed by atoms with Crippen LogP contribution in [0.1, 0.15) is 17.4 Å². The smallest absolute Gasteiger partial charge is 0.138 e. The average molecular weight is 447 g/mol. The van der Waals surface area contributed by atoms with E-state index in [1.165, 1.54) is 12.1 Å². The Morgan fingerprint density at radius 1 is 1.15 bits per heavy atom. The van der Waals surface area contributed by atoms with Gasteiger partial charge in [-0.05, 0) is 65.1 Å². The van der Waals surface area contributed by atoms with Gasteiger partial charge in [0.2, 0.25) is 0 Å². The molecule has 3 rings (SSSR count). The number of fused-ring (bicyclic) bond motifs is 1. The van der Waals surface area contributed by atoms with Gasteiger partial charge in [-0.3, -0.25) is 0 Å². The molecule has 1 heterocycles. The van der Waals surface area contributed by atoms with Gasteiger partial charge < -0.3 is 9.52 Å². The summed E-state index contributed by atoms with van der Waals surface area (Å²) in [6, 6.07) is 11.6. The normalized spacial score (nSPS) is 12.8. The third-order valence-electron chi connectivity index (χ3n) is 3.02. The summed E-state index contributed by atoms with van der Waals surface area (Å²) < 4.78 is 20.6. The number of hydrogen-bond donors (Lipinski definition) is 1. The molecule has 3 aromatic rings. The summed E-state index contributed by atoms with van der Waals surface area (Å²) >= 11 is 5.60. The predicted molar refractivity (Wildman–Crippen MR) is 87.1 cm³/mol. The molecule has 20 heavy (non-hydrogen) atoms. The molecule has 2 nitrogen and oxygen atoms in total. The molecule has 0 saturated carbocycles. The van der Waals surface area contributed by atoms with Crippen molar-refractivity contribution < 1.29 is 13.9 Å². The summed E-state index contributed by atoms with van der Waals surface area (Å²) in [7, 11) is 0. The molecule has 0 amide bonds. The van der Waals surface area contributed by atoms with E-state index in [0.29, 0.717) is 16.7 Å². The fourth-order valence-corrected chi connectivity index (χ4v) is 3.03. The highest BCUT2D eigenvalue weighted by Gasteiger charge is 2.18. The standard InChI is InChI=1S/C15H9BrFIO2/c16-12-3-2-10(18)7-11(12)15(19)14-6-8-5-9(17)1-4-13(8)20-14/h1-7,15,19H. The average Bonchev–Trinajstić information content (AvgIpc) is 2.83. The zero-order valence-corrected chi connectivity index (χ0v) is 13.9. The minimum atomic E-state index is -0.894. The number of benzene rings is 2. The molecular formula is C15H9BrFIO2. The first kappa shape index (κ1) is 14.0. The molecule has 0 aliphatic rings. The van der Waals surface area contributed by atoms with Crippen LogP contribution in [0.5, 0.6) is 0 Å². The molecule has 0 spiro atoms. The van der Waals surface area contributed by atoms with Gasteiger partial charge in [0.05, 0.1) is 0 Å². The van der Waals surface area contributed by atoms with Gasteiger partial charge in [0.15, 0.2) is 0 Å². The Balaban J connectivity index is 2.07. The summed E-state index contributed by atoms with van der Waals surface area (Å²) in [6.45, 7) is 0. The lowest BCUT2D eigenvalue weighted by atomic mass is 10.1. The van der Waals surface area contributed by atoms with Crippen molar-refractivity contribution in [3.8, 4) is 0 Å². The molecule has 1 unspecified atom stereocenters. The molecule has 0 aliphatic heterocycles. The van der Waals surface area contributed by atoms with Gasteiger partial charge in [-0.1, -0.05) is 15.9 Å². The van der Waals surface area contributed by atoms with Crippen LogP contribution in [0.25, 0.3) is 11.0 Å². The van der Waals surface area contributed by atoms with Crippen LogP contribution in [0.15, 0.2) is 51.4 Å². The maximum Gasteiger partial charge on any atom is 0.138 e. The van der Waals surface area contributed by atoms with Gasteiger partial charge in [-0.15, -0.1) is 0 Å². The molecule has 1 aromatic heterocycles. The monoisotopic (exact) mass is 446 g/mol. The Bertz CT molecular complexity index is 785. The van der Waals surface area contributed by atoms with Crippen LogP contribution in [-0.4, -0.2) is 5.11 Å². The number of hydrogen-bond acceptors (Lipinski definition) is 2. The maximum atomic E-state index is 13.2. The molecule has 2 aromatic carbocycles. The van der Waals surface area contributed by atoms with Gasteiger partial charge >= 0.3 is 0 Å². The van der Waals surface area contributed by atoms with E-state index in [0.717, 1.165) is 13.6 Å². The van der Waals surface area contributed by atoms with Crippen molar-refractivity contribution in [1.82, 2.24) is 0 Å². The number of aliphatic hydroxyl groups excluding tert-OH is 1. The lowest BCUT2D eigenvalue weighted by molar-refractivity contribution is 0.191. The molecule has 0 saturated heterocycles. The van der Waals surface area contributed by atoms with E-state index in [4.69, 9.17) is 4.42 Å². The Morgan fingerprint density at radius 3 is 2.75 bits per heavy atom. The summed E-state index contributed by atoms with van der Waals surface area (Å²) in [6.07, 6.45) is -0.894. The van der Waals surface area contributed by atoms with Gasteiger partial charge in [-0.2, -0.15) is 0 Å². The summed E-state index contributed by atoms with van der Waals surface area (Å²) in [4.78, 5) is 0. The van der Waals surface area contributed by atoms with E-state index in [-0.39, 0.29) is 5.82 Å². The third kappa shape index (κ3) is 2.62. The fraction of sp³-hybridized carbons (Fsp3) is 0.0667. The van der Waals surface area contributed by atoms with Crippen molar-refractivity contribution in [3.63, 3.8) is 0 Å². The highest BCUT2D eigenvalue weighted by molar-refractivity contribution is 14.1. The van der Waals surface area contributed by atoms with E-state index >= 15 is 0 Å². The number of halogens is 3. The minimum absolute atomic E-state index is 0.324. The highest BCUT2D eigenvalue weighted by Crippen LogP contribution is 2.33. The van der Waals surface area contributed by atoms with Crippen molar-refractivity contribution in [2.45, 2.75) is 6.10 Å². The van der Waals surface area contributed by atoms with E-state index in [1.54, 1.807) is 12.1 Å². The van der Waals surface area contributed by atoms with Crippen LogP contribution in [0, 0.1) is 9.39 Å². The lowest BCUT2D eigenvalue weighted by Crippen LogP contribution is -1.99. The van der Waals surface area contributed by atoms with Crippen molar-refractivity contribution in [3.05, 3.63) is 67.6 Å². The molecular weight excluding hydrogens is 438 g/mol. The van der Waals surface area contributed by atoms with Crippen LogP contribution in [0.3, 0.4) is 0 Å². The van der Waals surface area contributed by atoms with Gasteiger partial charge in [0.25, 0.3) is 0 Å². The summed E-state index contributed by atoms with van der Waals surface area (Å²) in [5.41, 5.74) is 1.28. The summed E-state index contributed by atoms with van der Waals surface area (Å²) in [5.74, 6) is 0.0723. The Morgan fingerprint density at radius 2 is 1.95 bits per heavy atom. The topological polar surface area (TPSA) is 33.4 Å². The highest BCUT2D eigenvalue weighted by atomic mass is 127. The second-order valence-corrected chi connectivity index (χ2v) is 6.50. The van der Waals surface area contributed by atoms with Crippen molar-refractivity contribution >= 4 is 49.5 Å².